The van der Waals surface area contributed by atoms with Crippen LogP contribution in [0.25, 0.3) is 0 Å². The van der Waals surface area contributed by atoms with Gasteiger partial charge in [-0.2, -0.15) is 0 Å². The Hall–Kier alpha value is 1.51. The van der Waals surface area contributed by atoms with Crippen molar-refractivity contribution in [3.05, 3.63) is 0 Å². The van der Waals surface area contributed by atoms with Crippen LogP contribution in [0.2, 0.25) is 0 Å². The van der Waals surface area contributed by atoms with Crippen molar-refractivity contribution in [2.24, 2.45) is 0 Å². The van der Waals surface area contributed by atoms with Crippen LogP contribution in [0.3, 0.4) is 0 Å². The molecular weight excluding hydrogens is 387 g/mol. The average Bonchev–Trinajstić information content (AvgIpc) is 2.58. The van der Waals surface area contributed by atoms with Crippen LogP contribution in [-0.4, -0.2) is 23.0 Å². The van der Waals surface area contributed by atoms with Crippen molar-refractivity contribution in [2.75, 3.05) is 0 Å². The van der Waals surface area contributed by atoms with Gasteiger partial charge in [-0.3, -0.25) is 0 Å². The van der Waals surface area contributed by atoms with E-state index in [0.717, 1.165) is 44.9 Å². The zero-order valence-corrected chi connectivity index (χ0v) is 22.2. The van der Waals surface area contributed by atoms with Gasteiger partial charge in [0.1, 0.15) is 10.1 Å². The molecule has 4 nitrogen and oxygen atoms in total. The number of aliphatic hydroxyl groups is 1. The van der Waals surface area contributed by atoms with Gasteiger partial charge in [0.25, 0.3) is 0 Å². The number of hydrogen-bond donors (Lipinski definition) is 1. The Morgan fingerprint density at radius 3 is 1.15 bits per heavy atom. The van der Waals surface area contributed by atoms with E-state index < -0.39 is 15.1 Å². The monoisotopic (exact) mass is 430 g/mol. The summed E-state index contributed by atoms with van der Waals surface area (Å²) >= 11 is 0. The van der Waals surface area contributed by atoms with Gasteiger partial charge in [0.15, 0.2) is 4.93 Å². The molecule has 0 spiro atoms. The molecule has 1 atom stereocenters. The summed E-state index contributed by atoms with van der Waals surface area (Å²) in [6.45, 7) is 4.37. The Morgan fingerprint density at radius 2 is 0.889 bits per heavy atom. The fourth-order valence-electron chi connectivity index (χ4n) is 3.45. The summed E-state index contributed by atoms with van der Waals surface area (Å²) in [5, 5.41) is 10.4. The summed E-state index contributed by atoms with van der Waals surface area (Å²) < 4.78 is 34.5. The Balaban J connectivity index is 0. The maximum atomic E-state index is 11.5. The first-order chi connectivity index (χ1) is 12.4. The van der Waals surface area contributed by atoms with Crippen LogP contribution in [-0.2, 0) is 10.1 Å². The molecular formula is C21H43KO4S. The van der Waals surface area contributed by atoms with Crippen molar-refractivity contribution >= 4 is 10.1 Å². The second kappa shape index (κ2) is 19.5. The first-order valence-electron chi connectivity index (χ1n) is 11.0. The van der Waals surface area contributed by atoms with Crippen LogP contribution in [0, 0.1) is 0 Å². The summed E-state index contributed by atoms with van der Waals surface area (Å²) in [5.74, 6) is 0. The maximum absolute atomic E-state index is 11.5. The third kappa shape index (κ3) is 16.9. The summed E-state index contributed by atoms with van der Waals surface area (Å²) in [6, 6.07) is 0. The summed E-state index contributed by atoms with van der Waals surface area (Å²) in [7, 11) is -4.67. The van der Waals surface area contributed by atoms with Gasteiger partial charge in [-0.1, -0.05) is 104 Å². The van der Waals surface area contributed by atoms with E-state index in [4.69, 9.17) is 0 Å². The van der Waals surface area contributed by atoms with Gasteiger partial charge in [-0.15, -0.1) is 0 Å². The number of unbranched alkanes of at least 4 members (excludes halogenated alkanes) is 14. The van der Waals surface area contributed by atoms with Gasteiger partial charge < -0.3 is 9.66 Å². The second-order valence-corrected chi connectivity index (χ2v) is 9.52. The van der Waals surface area contributed by atoms with Crippen LogP contribution < -0.4 is 51.4 Å². The summed E-state index contributed by atoms with van der Waals surface area (Å²) in [5.41, 5.74) is 0. The minimum Gasteiger partial charge on any atom is -0.746 e. The van der Waals surface area contributed by atoms with Gasteiger partial charge in [0.05, 0.1) is 0 Å². The molecule has 0 fully saturated rings. The molecule has 0 saturated heterocycles. The van der Waals surface area contributed by atoms with Gasteiger partial charge in [-0.25, -0.2) is 8.42 Å². The molecule has 0 aromatic heterocycles. The molecule has 1 N–H and O–H groups in total. The molecule has 0 aliphatic rings. The number of rotatable bonds is 19. The van der Waals surface area contributed by atoms with Crippen LogP contribution >= 0.6 is 0 Å². The zero-order valence-electron chi connectivity index (χ0n) is 18.3. The van der Waals surface area contributed by atoms with E-state index in [9.17, 15) is 18.1 Å². The van der Waals surface area contributed by atoms with E-state index in [1.807, 2.05) is 0 Å². The zero-order chi connectivity index (χ0) is 19.7. The minimum absolute atomic E-state index is 0. The SMILES string of the molecule is CCCCCCCCCCCCC(O)(CCCCCCCC)S(=O)(=O)[O-].[K+]. The fraction of sp³-hybridized carbons (Fsp3) is 1.00. The minimum atomic E-state index is -4.67. The van der Waals surface area contributed by atoms with Gasteiger partial charge in [0.2, 0.25) is 0 Å². The quantitative estimate of drug-likeness (QED) is 0.194. The van der Waals surface area contributed by atoms with E-state index >= 15 is 0 Å². The molecule has 158 valence electrons. The molecule has 0 heterocycles. The van der Waals surface area contributed by atoms with E-state index in [1.54, 1.807) is 0 Å². The van der Waals surface area contributed by atoms with Crippen LogP contribution in [0.4, 0.5) is 0 Å². The van der Waals surface area contributed by atoms with Gasteiger partial charge in [-0.05, 0) is 25.7 Å². The third-order valence-electron chi connectivity index (χ3n) is 5.31. The Bertz CT molecular complexity index is 414. The molecule has 0 radical (unpaired) electrons. The Kier molecular flexibility index (Phi) is 22.1. The van der Waals surface area contributed by atoms with Crippen molar-refractivity contribution in [3.8, 4) is 0 Å². The smallest absolute Gasteiger partial charge is 0.746 e. The molecule has 0 aliphatic heterocycles. The Morgan fingerprint density at radius 1 is 0.630 bits per heavy atom. The molecule has 0 rings (SSSR count). The van der Waals surface area contributed by atoms with Crippen LogP contribution in [0.1, 0.15) is 129 Å². The van der Waals surface area contributed by atoms with Crippen LogP contribution in [0.15, 0.2) is 0 Å². The van der Waals surface area contributed by atoms with Crippen molar-refractivity contribution in [1.82, 2.24) is 0 Å². The third-order valence-corrected chi connectivity index (χ3v) is 6.65. The van der Waals surface area contributed by atoms with E-state index in [-0.39, 0.29) is 64.2 Å². The standard InChI is InChI=1S/C21H44O4S.K/c1-3-5-7-9-11-12-13-14-16-18-20-21(22,26(23,24)25)19-17-15-10-8-6-4-2;/h22H,3-20H2,1-2H3,(H,23,24,25);/q;+1/p-1. The molecule has 0 aromatic rings. The maximum Gasteiger partial charge on any atom is 1.00 e. The van der Waals surface area contributed by atoms with Crippen molar-refractivity contribution in [3.63, 3.8) is 0 Å². The average molecular weight is 431 g/mol. The van der Waals surface area contributed by atoms with Crippen LogP contribution in [0.5, 0.6) is 0 Å². The van der Waals surface area contributed by atoms with Crippen molar-refractivity contribution < 1.29 is 69.5 Å². The number of hydrogen-bond acceptors (Lipinski definition) is 4. The van der Waals surface area contributed by atoms with Crippen molar-refractivity contribution in [2.45, 2.75) is 134 Å². The fourth-order valence-corrected chi connectivity index (χ4v) is 4.23. The molecule has 0 saturated carbocycles. The molecule has 0 amide bonds. The molecule has 0 bridgehead atoms. The molecule has 0 aliphatic carbocycles. The van der Waals surface area contributed by atoms with Gasteiger partial charge in [0, 0.05) is 0 Å². The first kappa shape index (κ1) is 30.7. The predicted octanol–water partition coefficient (Wildman–Crippen LogP) is 3.29. The van der Waals surface area contributed by atoms with E-state index in [2.05, 4.69) is 13.8 Å². The molecule has 27 heavy (non-hydrogen) atoms. The second-order valence-electron chi connectivity index (χ2n) is 7.85. The first-order valence-corrected chi connectivity index (χ1v) is 12.5. The summed E-state index contributed by atoms with van der Waals surface area (Å²) in [6.07, 6.45) is 17.6. The summed E-state index contributed by atoms with van der Waals surface area (Å²) in [4.78, 5) is -2.06. The van der Waals surface area contributed by atoms with Crippen molar-refractivity contribution in [1.29, 1.82) is 0 Å². The largest absolute Gasteiger partial charge is 1.00 e. The van der Waals surface area contributed by atoms with E-state index in [1.165, 1.54) is 44.9 Å². The topological polar surface area (TPSA) is 77.4 Å². The molecule has 1 unspecified atom stereocenters. The molecule has 6 heteroatoms. The normalized spacial score (nSPS) is 13.9. The Labute approximate surface area is 211 Å². The molecule has 0 aromatic carbocycles. The predicted molar refractivity (Wildman–Crippen MR) is 109 cm³/mol. The van der Waals surface area contributed by atoms with E-state index in [0.29, 0.717) is 12.8 Å². The van der Waals surface area contributed by atoms with Gasteiger partial charge >= 0.3 is 51.4 Å².